The van der Waals surface area contributed by atoms with Crippen LogP contribution in [0.2, 0.25) is 0 Å². The van der Waals surface area contributed by atoms with E-state index in [-0.39, 0.29) is 12.1 Å². The molecule has 1 atom stereocenters. The smallest absolute Gasteiger partial charge is 0.387 e. The highest BCUT2D eigenvalue weighted by atomic mass is 19.4. The number of amides is 2. The normalized spacial score (nSPS) is 12.5. The number of alkyl halides is 3. The molecule has 1 aromatic heterocycles. The number of carbonyl (C=O) groups excluding carboxylic acids is 1. The predicted octanol–water partition coefficient (Wildman–Crippen LogP) is 2.96. The van der Waals surface area contributed by atoms with Crippen LogP contribution in [0.5, 0.6) is 0 Å². The largest absolute Gasteiger partial charge is 0.416 e. The minimum absolute atomic E-state index is 0.0732. The standard InChI is InChI=1S/C15H14F3N3O2/c16-15(17,18)11-3-1-2-10(8-11)13(22)9-20-14(23)21-12-4-6-19-7-5-12/h1-8,13,22H,9H2,(H2,19,20,21,23). The lowest BCUT2D eigenvalue weighted by atomic mass is 10.1. The van der Waals surface area contributed by atoms with Crippen LogP contribution in [0.25, 0.3) is 0 Å². The van der Waals surface area contributed by atoms with Crippen molar-refractivity contribution < 1.29 is 23.1 Å². The number of hydrogen-bond donors (Lipinski definition) is 3. The van der Waals surface area contributed by atoms with Gasteiger partial charge in [-0.05, 0) is 29.8 Å². The molecule has 1 heterocycles. The van der Waals surface area contributed by atoms with Crippen molar-refractivity contribution in [2.45, 2.75) is 12.3 Å². The summed E-state index contributed by atoms with van der Waals surface area (Å²) in [5.41, 5.74) is -0.273. The Hall–Kier alpha value is -2.61. The molecule has 2 amide bonds. The Morgan fingerprint density at radius 3 is 2.57 bits per heavy atom. The summed E-state index contributed by atoms with van der Waals surface area (Å²) in [6.07, 6.45) is -2.75. The fourth-order valence-electron chi connectivity index (χ4n) is 1.84. The van der Waals surface area contributed by atoms with E-state index >= 15 is 0 Å². The Kier molecular flexibility index (Phi) is 5.17. The van der Waals surface area contributed by atoms with E-state index in [9.17, 15) is 23.1 Å². The van der Waals surface area contributed by atoms with Crippen LogP contribution >= 0.6 is 0 Å². The molecule has 0 radical (unpaired) electrons. The first kappa shape index (κ1) is 16.8. The van der Waals surface area contributed by atoms with Crippen molar-refractivity contribution in [2.75, 3.05) is 11.9 Å². The van der Waals surface area contributed by atoms with Gasteiger partial charge in [0.15, 0.2) is 0 Å². The highest BCUT2D eigenvalue weighted by Crippen LogP contribution is 2.30. The molecule has 0 aliphatic carbocycles. The van der Waals surface area contributed by atoms with Crippen molar-refractivity contribution in [3.8, 4) is 0 Å². The third kappa shape index (κ3) is 4.96. The highest BCUT2D eigenvalue weighted by Gasteiger charge is 2.30. The molecular formula is C15H14F3N3O2. The van der Waals surface area contributed by atoms with Gasteiger partial charge in [-0.3, -0.25) is 4.98 Å². The zero-order valence-corrected chi connectivity index (χ0v) is 11.8. The lowest BCUT2D eigenvalue weighted by molar-refractivity contribution is -0.137. The van der Waals surface area contributed by atoms with Gasteiger partial charge in [-0.15, -0.1) is 0 Å². The Balaban J connectivity index is 1.92. The fourth-order valence-corrected chi connectivity index (χ4v) is 1.84. The van der Waals surface area contributed by atoms with Crippen LogP contribution in [0.15, 0.2) is 48.8 Å². The summed E-state index contributed by atoms with van der Waals surface area (Å²) in [6.45, 7) is -0.224. The minimum atomic E-state index is -4.48. The van der Waals surface area contributed by atoms with E-state index in [2.05, 4.69) is 15.6 Å². The summed E-state index contributed by atoms with van der Waals surface area (Å²) < 4.78 is 37.9. The number of nitrogens with one attached hydrogen (secondary N) is 2. The van der Waals surface area contributed by atoms with Crippen molar-refractivity contribution >= 4 is 11.7 Å². The monoisotopic (exact) mass is 325 g/mol. The molecule has 0 spiro atoms. The molecule has 2 rings (SSSR count). The lowest BCUT2D eigenvalue weighted by Gasteiger charge is -2.15. The summed E-state index contributed by atoms with van der Waals surface area (Å²) in [4.78, 5) is 15.4. The molecule has 0 saturated carbocycles. The van der Waals surface area contributed by atoms with E-state index in [1.165, 1.54) is 24.5 Å². The topological polar surface area (TPSA) is 74.2 Å². The van der Waals surface area contributed by atoms with Gasteiger partial charge in [-0.1, -0.05) is 12.1 Å². The zero-order chi connectivity index (χ0) is 16.9. The van der Waals surface area contributed by atoms with Crippen LogP contribution in [-0.4, -0.2) is 22.7 Å². The first-order valence-corrected chi connectivity index (χ1v) is 6.66. The van der Waals surface area contributed by atoms with E-state index in [0.717, 1.165) is 12.1 Å². The highest BCUT2D eigenvalue weighted by molar-refractivity contribution is 5.89. The van der Waals surface area contributed by atoms with Gasteiger partial charge < -0.3 is 15.7 Å². The second-order valence-corrected chi connectivity index (χ2v) is 4.71. The number of urea groups is 1. The third-order valence-corrected chi connectivity index (χ3v) is 2.99. The van der Waals surface area contributed by atoms with Crippen LogP contribution in [0.1, 0.15) is 17.2 Å². The van der Waals surface area contributed by atoms with E-state index in [4.69, 9.17) is 0 Å². The van der Waals surface area contributed by atoms with Crippen LogP contribution in [0.3, 0.4) is 0 Å². The summed E-state index contributed by atoms with van der Waals surface area (Å²) >= 11 is 0. The summed E-state index contributed by atoms with van der Waals surface area (Å²) in [5.74, 6) is 0. The maximum atomic E-state index is 12.6. The SMILES string of the molecule is O=C(NCC(O)c1cccc(C(F)(F)F)c1)Nc1ccncc1. The van der Waals surface area contributed by atoms with E-state index in [1.807, 2.05) is 0 Å². The number of hydrogen-bond acceptors (Lipinski definition) is 3. The van der Waals surface area contributed by atoms with E-state index < -0.39 is 23.9 Å². The number of halogens is 3. The van der Waals surface area contributed by atoms with Gasteiger partial charge in [0.1, 0.15) is 0 Å². The molecule has 5 nitrogen and oxygen atoms in total. The third-order valence-electron chi connectivity index (χ3n) is 2.99. The molecule has 122 valence electrons. The molecule has 2 aromatic rings. The van der Waals surface area contributed by atoms with Gasteiger partial charge in [-0.25, -0.2) is 4.79 Å². The van der Waals surface area contributed by atoms with Gasteiger partial charge in [-0.2, -0.15) is 13.2 Å². The lowest BCUT2D eigenvalue weighted by Crippen LogP contribution is -2.32. The molecule has 1 unspecified atom stereocenters. The van der Waals surface area contributed by atoms with Gasteiger partial charge in [0, 0.05) is 24.6 Å². The fraction of sp³-hybridized carbons (Fsp3) is 0.200. The van der Waals surface area contributed by atoms with Gasteiger partial charge in [0.2, 0.25) is 0 Å². The van der Waals surface area contributed by atoms with Crippen molar-refractivity contribution in [3.63, 3.8) is 0 Å². The Labute approximate surface area is 130 Å². The first-order chi connectivity index (χ1) is 10.9. The number of aliphatic hydroxyl groups excluding tert-OH is 1. The first-order valence-electron chi connectivity index (χ1n) is 6.66. The summed E-state index contributed by atoms with van der Waals surface area (Å²) in [7, 11) is 0. The molecule has 0 aliphatic rings. The van der Waals surface area contributed by atoms with Crippen molar-refractivity contribution in [1.29, 1.82) is 0 Å². The van der Waals surface area contributed by atoms with Crippen LogP contribution in [0, 0.1) is 0 Å². The Bertz CT molecular complexity index is 663. The molecule has 23 heavy (non-hydrogen) atoms. The molecule has 0 fully saturated rings. The van der Waals surface area contributed by atoms with Crippen LogP contribution < -0.4 is 10.6 Å². The minimum Gasteiger partial charge on any atom is -0.387 e. The molecule has 0 bridgehead atoms. The van der Waals surface area contributed by atoms with Gasteiger partial charge in [0.25, 0.3) is 0 Å². The molecule has 3 N–H and O–H groups in total. The quantitative estimate of drug-likeness (QED) is 0.809. The van der Waals surface area contributed by atoms with Gasteiger partial charge in [0.05, 0.1) is 11.7 Å². The number of nitrogens with zero attached hydrogens (tertiary/aromatic N) is 1. The number of pyridine rings is 1. The van der Waals surface area contributed by atoms with Crippen molar-refractivity contribution in [1.82, 2.24) is 10.3 Å². The van der Waals surface area contributed by atoms with E-state index in [0.29, 0.717) is 5.69 Å². The number of benzene rings is 1. The average molecular weight is 325 g/mol. The summed E-state index contributed by atoms with van der Waals surface area (Å²) in [5, 5.41) is 14.8. The molecule has 8 heteroatoms. The van der Waals surface area contributed by atoms with Crippen molar-refractivity contribution in [3.05, 3.63) is 59.9 Å². The van der Waals surface area contributed by atoms with Crippen molar-refractivity contribution in [2.24, 2.45) is 0 Å². The molecule has 0 aliphatic heterocycles. The molecule has 1 aromatic carbocycles. The second kappa shape index (κ2) is 7.10. The number of carbonyl (C=O) groups is 1. The Morgan fingerprint density at radius 2 is 1.91 bits per heavy atom. The second-order valence-electron chi connectivity index (χ2n) is 4.71. The maximum Gasteiger partial charge on any atom is 0.416 e. The number of aromatic nitrogens is 1. The molecule has 0 saturated heterocycles. The Morgan fingerprint density at radius 1 is 1.22 bits per heavy atom. The van der Waals surface area contributed by atoms with Gasteiger partial charge >= 0.3 is 12.2 Å². The number of anilines is 1. The number of rotatable bonds is 4. The number of aliphatic hydroxyl groups is 1. The average Bonchev–Trinajstić information content (AvgIpc) is 2.53. The zero-order valence-electron chi connectivity index (χ0n) is 11.8. The maximum absolute atomic E-state index is 12.6. The van der Waals surface area contributed by atoms with Crippen LogP contribution in [-0.2, 0) is 6.18 Å². The van der Waals surface area contributed by atoms with E-state index in [1.54, 1.807) is 12.1 Å². The molecular weight excluding hydrogens is 311 g/mol. The summed E-state index contributed by atoms with van der Waals surface area (Å²) in [6, 6.07) is 6.90. The van der Waals surface area contributed by atoms with Crippen LogP contribution in [0.4, 0.5) is 23.7 Å². The predicted molar refractivity (Wildman–Crippen MR) is 77.7 cm³/mol.